The lowest BCUT2D eigenvalue weighted by Crippen LogP contribution is -2.30. The van der Waals surface area contributed by atoms with Gasteiger partial charge in [0.15, 0.2) is 5.13 Å². The van der Waals surface area contributed by atoms with Gasteiger partial charge in [-0.1, -0.05) is 81.6 Å². The Labute approximate surface area is 286 Å². The summed E-state index contributed by atoms with van der Waals surface area (Å²) in [5, 5.41) is 11.3. The van der Waals surface area contributed by atoms with Crippen LogP contribution in [0.4, 0.5) is 10.8 Å². The predicted molar refractivity (Wildman–Crippen MR) is 188 cm³/mol. The summed E-state index contributed by atoms with van der Waals surface area (Å²) in [4.78, 5) is 44.1. The molecule has 0 bridgehead atoms. The first kappa shape index (κ1) is 32.5. The van der Waals surface area contributed by atoms with Crippen molar-refractivity contribution in [3.8, 4) is 11.3 Å². The number of thioether (sulfide) groups is 1. The molecular formula is C33H23BrCl2N4O3S2. The molecule has 3 N–H and O–H groups in total. The number of aromatic nitrogens is 1. The van der Waals surface area contributed by atoms with Crippen molar-refractivity contribution in [2.24, 2.45) is 0 Å². The van der Waals surface area contributed by atoms with Gasteiger partial charge in [-0.25, -0.2) is 4.98 Å². The second-order valence-corrected chi connectivity index (χ2v) is 13.0. The molecule has 4 aromatic carbocycles. The molecule has 5 aromatic rings. The van der Waals surface area contributed by atoms with Crippen molar-refractivity contribution >= 4 is 96.8 Å². The lowest BCUT2D eigenvalue weighted by molar-refractivity contribution is -0.114. The average molecular weight is 739 g/mol. The Morgan fingerprint density at radius 2 is 1.60 bits per heavy atom. The maximum absolute atomic E-state index is 13.3. The minimum absolute atomic E-state index is 0.0198. The molecule has 0 unspecified atom stereocenters. The van der Waals surface area contributed by atoms with E-state index in [9.17, 15) is 14.4 Å². The minimum atomic E-state index is -0.555. The van der Waals surface area contributed by atoms with Crippen LogP contribution in [0.3, 0.4) is 0 Å². The molecule has 1 heterocycles. The van der Waals surface area contributed by atoms with Crippen molar-refractivity contribution in [3.05, 3.63) is 134 Å². The van der Waals surface area contributed by atoms with Gasteiger partial charge >= 0.3 is 0 Å². The highest BCUT2D eigenvalue weighted by Crippen LogP contribution is 2.28. The fraction of sp³-hybridized carbons (Fsp3) is 0.0303. The molecule has 0 aliphatic rings. The van der Waals surface area contributed by atoms with E-state index in [4.69, 9.17) is 23.2 Å². The number of hydrogen-bond donors (Lipinski definition) is 3. The van der Waals surface area contributed by atoms with E-state index in [1.165, 1.54) is 29.2 Å². The zero-order valence-electron chi connectivity index (χ0n) is 23.2. The standard InChI is InChI=1S/C33H23BrCl2N4O3S2/c34-23-11-9-20(10-12-23)28-18-45-33(39-28)40-29(41)19-44-25-15-13-24(14-16-25)37-32(43)27(17-22-7-4-8-26(35)30(22)36)38-31(42)21-5-2-1-3-6-21/h1-18H,19H2,(H,37,43)(H,38,42)(H,39,40,41)/b27-17-. The fourth-order valence-electron chi connectivity index (χ4n) is 3.95. The zero-order valence-corrected chi connectivity index (χ0v) is 28.0. The second-order valence-electron chi connectivity index (χ2n) is 9.38. The largest absolute Gasteiger partial charge is 0.321 e. The fourth-order valence-corrected chi connectivity index (χ4v) is 6.01. The van der Waals surface area contributed by atoms with E-state index in [-0.39, 0.29) is 22.4 Å². The van der Waals surface area contributed by atoms with Crippen molar-refractivity contribution in [1.82, 2.24) is 10.3 Å². The predicted octanol–water partition coefficient (Wildman–Crippen LogP) is 9.02. The minimum Gasteiger partial charge on any atom is -0.321 e. The van der Waals surface area contributed by atoms with Crippen LogP contribution >= 0.6 is 62.2 Å². The number of nitrogens with one attached hydrogen (secondary N) is 3. The molecule has 1 aromatic heterocycles. The summed E-state index contributed by atoms with van der Waals surface area (Å²) in [7, 11) is 0. The Morgan fingerprint density at radius 1 is 0.867 bits per heavy atom. The summed E-state index contributed by atoms with van der Waals surface area (Å²) in [5.74, 6) is -1.02. The molecule has 7 nitrogen and oxygen atoms in total. The van der Waals surface area contributed by atoms with Gasteiger partial charge in [0, 0.05) is 31.6 Å². The number of halogens is 3. The van der Waals surface area contributed by atoms with Gasteiger partial charge in [-0.05, 0) is 66.2 Å². The van der Waals surface area contributed by atoms with E-state index in [0.29, 0.717) is 27.0 Å². The number of rotatable bonds is 10. The number of thiazole rings is 1. The van der Waals surface area contributed by atoms with Crippen LogP contribution in [0, 0.1) is 0 Å². The number of carbonyl (C=O) groups is 3. The van der Waals surface area contributed by atoms with Crippen LogP contribution in [-0.4, -0.2) is 28.5 Å². The first-order valence-corrected chi connectivity index (χ1v) is 16.7. The van der Waals surface area contributed by atoms with Crippen LogP contribution in [0.1, 0.15) is 15.9 Å². The van der Waals surface area contributed by atoms with Gasteiger partial charge in [-0.3, -0.25) is 14.4 Å². The topological polar surface area (TPSA) is 100 Å². The first-order chi connectivity index (χ1) is 21.7. The Bertz CT molecular complexity index is 1870. The van der Waals surface area contributed by atoms with E-state index >= 15 is 0 Å². The highest BCUT2D eigenvalue weighted by atomic mass is 79.9. The van der Waals surface area contributed by atoms with Crippen molar-refractivity contribution in [3.63, 3.8) is 0 Å². The van der Waals surface area contributed by atoms with Crippen LogP contribution < -0.4 is 16.0 Å². The van der Waals surface area contributed by atoms with Crippen LogP contribution in [0.5, 0.6) is 0 Å². The maximum Gasteiger partial charge on any atom is 0.272 e. The molecule has 0 saturated heterocycles. The van der Waals surface area contributed by atoms with Crippen molar-refractivity contribution in [2.75, 3.05) is 16.4 Å². The highest BCUT2D eigenvalue weighted by Gasteiger charge is 2.17. The number of benzene rings is 4. The highest BCUT2D eigenvalue weighted by molar-refractivity contribution is 9.10. The summed E-state index contributed by atoms with van der Waals surface area (Å²) in [6, 6.07) is 28.4. The van der Waals surface area contributed by atoms with E-state index in [1.807, 2.05) is 29.6 Å². The molecule has 0 aliphatic heterocycles. The second kappa shape index (κ2) is 15.4. The third kappa shape index (κ3) is 9.06. The van der Waals surface area contributed by atoms with E-state index in [1.54, 1.807) is 72.8 Å². The monoisotopic (exact) mass is 736 g/mol. The van der Waals surface area contributed by atoms with Crippen molar-refractivity contribution < 1.29 is 14.4 Å². The summed E-state index contributed by atoms with van der Waals surface area (Å²) in [5.41, 5.74) is 3.09. The third-order valence-corrected chi connectivity index (χ3v) is 9.31. The molecule has 0 spiro atoms. The Kier molecular flexibility index (Phi) is 11.1. The number of amides is 3. The molecule has 226 valence electrons. The molecule has 0 radical (unpaired) electrons. The van der Waals surface area contributed by atoms with Crippen LogP contribution in [0.15, 0.2) is 118 Å². The van der Waals surface area contributed by atoms with E-state index < -0.39 is 11.8 Å². The summed E-state index contributed by atoms with van der Waals surface area (Å²) < 4.78 is 0.982. The van der Waals surface area contributed by atoms with Gasteiger partial charge in [-0.2, -0.15) is 0 Å². The van der Waals surface area contributed by atoms with Gasteiger partial charge < -0.3 is 16.0 Å². The Balaban J connectivity index is 1.20. The lowest BCUT2D eigenvalue weighted by atomic mass is 10.1. The van der Waals surface area contributed by atoms with Gasteiger partial charge in [0.1, 0.15) is 5.70 Å². The van der Waals surface area contributed by atoms with E-state index in [2.05, 4.69) is 36.9 Å². The van der Waals surface area contributed by atoms with Crippen LogP contribution in [0.25, 0.3) is 17.3 Å². The molecule has 0 saturated carbocycles. The molecule has 3 amide bonds. The molecular weight excluding hydrogens is 715 g/mol. The smallest absolute Gasteiger partial charge is 0.272 e. The quantitative estimate of drug-likeness (QED) is 0.0982. The first-order valence-electron chi connectivity index (χ1n) is 13.3. The lowest BCUT2D eigenvalue weighted by Gasteiger charge is -2.12. The Morgan fingerprint density at radius 3 is 2.33 bits per heavy atom. The third-order valence-electron chi connectivity index (χ3n) is 6.18. The maximum atomic E-state index is 13.3. The van der Waals surface area contributed by atoms with Gasteiger partial charge in [0.2, 0.25) is 5.91 Å². The van der Waals surface area contributed by atoms with Crippen LogP contribution in [-0.2, 0) is 9.59 Å². The normalized spacial score (nSPS) is 11.1. The van der Waals surface area contributed by atoms with Gasteiger partial charge in [-0.15, -0.1) is 23.1 Å². The Hall–Kier alpha value is -3.93. The molecule has 0 aliphatic carbocycles. The number of nitrogens with zero attached hydrogens (tertiary/aromatic N) is 1. The molecule has 0 atom stereocenters. The molecule has 0 fully saturated rings. The van der Waals surface area contributed by atoms with Crippen molar-refractivity contribution in [2.45, 2.75) is 4.90 Å². The molecule has 45 heavy (non-hydrogen) atoms. The summed E-state index contributed by atoms with van der Waals surface area (Å²) >= 11 is 18.6. The van der Waals surface area contributed by atoms with Crippen molar-refractivity contribution in [1.29, 1.82) is 0 Å². The number of hydrogen-bond acceptors (Lipinski definition) is 6. The SMILES string of the molecule is O=C(CSc1ccc(NC(=O)/C(=C/c2cccc(Cl)c2Cl)NC(=O)c2ccccc2)cc1)Nc1nc(-c2ccc(Br)cc2)cs1. The number of carbonyl (C=O) groups excluding carboxylic acids is 3. The van der Waals surface area contributed by atoms with Crippen LogP contribution in [0.2, 0.25) is 10.0 Å². The summed E-state index contributed by atoms with van der Waals surface area (Å²) in [6.07, 6.45) is 1.47. The van der Waals surface area contributed by atoms with E-state index in [0.717, 1.165) is 20.6 Å². The van der Waals surface area contributed by atoms with Gasteiger partial charge in [0.25, 0.3) is 11.8 Å². The molecule has 12 heteroatoms. The zero-order chi connectivity index (χ0) is 31.8. The number of anilines is 2. The average Bonchev–Trinajstić information content (AvgIpc) is 3.51. The van der Waals surface area contributed by atoms with Gasteiger partial charge in [0.05, 0.1) is 21.5 Å². The molecule has 5 rings (SSSR count). The summed E-state index contributed by atoms with van der Waals surface area (Å²) in [6.45, 7) is 0.